The van der Waals surface area contributed by atoms with Gasteiger partial charge in [-0.15, -0.1) is 0 Å². The lowest BCUT2D eigenvalue weighted by molar-refractivity contribution is 0.191. The fourth-order valence-corrected chi connectivity index (χ4v) is 2.36. The summed E-state index contributed by atoms with van der Waals surface area (Å²) in [7, 11) is 0. The summed E-state index contributed by atoms with van der Waals surface area (Å²) in [4.78, 5) is 0. The minimum atomic E-state index is -0.458. The molecule has 18 heavy (non-hydrogen) atoms. The summed E-state index contributed by atoms with van der Waals surface area (Å²) in [6, 6.07) is 3.49. The molecule has 0 saturated heterocycles. The lowest BCUT2D eigenvalue weighted by atomic mass is 10.2. The summed E-state index contributed by atoms with van der Waals surface area (Å²) in [6.45, 7) is 2.84. The van der Waals surface area contributed by atoms with Crippen LogP contribution in [-0.2, 0) is 0 Å². The van der Waals surface area contributed by atoms with Crippen LogP contribution in [0.2, 0.25) is 5.02 Å². The number of nitrogens with one attached hydrogen (secondary N) is 1. The molecule has 2 rings (SSSR count). The summed E-state index contributed by atoms with van der Waals surface area (Å²) in [5, 5.41) is 3.51. The van der Waals surface area contributed by atoms with Crippen molar-refractivity contribution in [2.75, 3.05) is 6.54 Å². The molecule has 1 fully saturated rings. The molecule has 1 aliphatic rings. The molecule has 100 valence electrons. The zero-order chi connectivity index (χ0) is 13.1. The molecule has 0 aliphatic heterocycles. The lowest BCUT2D eigenvalue weighted by Crippen LogP contribution is -2.32. The molecule has 0 amide bonds. The van der Waals surface area contributed by atoms with Gasteiger partial charge in [-0.2, -0.15) is 0 Å². The van der Waals surface area contributed by atoms with Gasteiger partial charge in [0.05, 0.1) is 9.50 Å². The second kappa shape index (κ2) is 6.22. The van der Waals surface area contributed by atoms with Gasteiger partial charge in [0.15, 0.2) is 0 Å². The number of hydrogen-bond donors (Lipinski definition) is 1. The normalized spacial score (nSPS) is 16.7. The Balaban J connectivity index is 1.98. The second-order valence-corrected chi connectivity index (χ2v) is 5.79. The first-order valence-electron chi connectivity index (χ1n) is 6.14. The van der Waals surface area contributed by atoms with Crippen LogP contribution in [0.3, 0.4) is 0 Å². The van der Waals surface area contributed by atoms with Crippen molar-refractivity contribution in [1.29, 1.82) is 0 Å². The average Bonchev–Trinajstić information content (AvgIpc) is 3.14. The van der Waals surface area contributed by atoms with Crippen molar-refractivity contribution in [2.24, 2.45) is 0 Å². The van der Waals surface area contributed by atoms with Gasteiger partial charge in [-0.25, -0.2) is 4.39 Å². The Morgan fingerprint density at radius 3 is 2.89 bits per heavy atom. The number of halogens is 3. The zero-order valence-corrected chi connectivity index (χ0v) is 12.5. The number of ether oxygens (including phenoxy) is 1. The third-order valence-corrected chi connectivity index (χ3v) is 3.84. The Labute approximate surface area is 120 Å². The van der Waals surface area contributed by atoms with E-state index >= 15 is 0 Å². The quantitative estimate of drug-likeness (QED) is 0.788. The largest absolute Gasteiger partial charge is 0.488 e. The van der Waals surface area contributed by atoms with Crippen LogP contribution in [0.1, 0.15) is 26.2 Å². The number of hydrogen-bond acceptors (Lipinski definition) is 2. The maximum Gasteiger partial charge on any atom is 0.145 e. The molecule has 2 nitrogen and oxygen atoms in total. The molecule has 1 aromatic rings. The van der Waals surface area contributed by atoms with Gasteiger partial charge in [0.2, 0.25) is 0 Å². The van der Waals surface area contributed by atoms with Crippen LogP contribution in [-0.4, -0.2) is 18.7 Å². The van der Waals surface area contributed by atoms with Crippen molar-refractivity contribution in [3.8, 4) is 5.75 Å². The van der Waals surface area contributed by atoms with E-state index in [4.69, 9.17) is 16.3 Å². The molecule has 5 heteroatoms. The van der Waals surface area contributed by atoms with Crippen molar-refractivity contribution < 1.29 is 9.13 Å². The first-order valence-corrected chi connectivity index (χ1v) is 7.31. The summed E-state index contributed by atoms with van der Waals surface area (Å²) in [5.74, 6) is 0.0428. The standard InChI is InChI=1S/C13H16BrClFNO/c1-2-9(7-17-8-3-4-8)18-13-6-12(16)11(15)5-10(13)14/h5-6,8-9,17H,2-4,7H2,1H3. The summed E-state index contributed by atoms with van der Waals surface area (Å²) >= 11 is 9.03. The van der Waals surface area contributed by atoms with E-state index in [0.717, 1.165) is 13.0 Å². The number of benzene rings is 1. The molecule has 1 N–H and O–H groups in total. The summed E-state index contributed by atoms with van der Waals surface area (Å²) in [6.07, 6.45) is 3.41. The van der Waals surface area contributed by atoms with E-state index < -0.39 is 5.82 Å². The highest BCUT2D eigenvalue weighted by atomic mass is 79.9. The minimum absolute atomic E-state index is 0.0440. The predicted octanol–water partition coefficient (Wildman–Crippen LogP) is 4.15. The Hall–Kier alpha value is -0.320. The van der Waals surface area contributed by atoms with E-state index in [1.807, 2.05) is 0 Å². The van der Waals surface area contributed by atoms with Crippen molar-refractivity contribution in [3.63, 3.8) is 0 Å². The van der Waals surface area contributed by atoms with E-state index in [9.17, 15) is 4.39 Å². The molecule has 1 saturated carbocycles. The molecule has 1 atom stereocenters. The van der Waals surface area contributed by atoms with E-state index in [-0.39, 0.29) is 11.1 Å². The van der Waals surface area contributed by atoms with Gasteiger partial charge in [0.1, 0.15) is 17.7 Å². The Morgan fingerprint density at radius 1 is 1.56 bits per heavy atom. The van der Waals surface area contributed by atoms with E-state index in [0.29, 0.717) is 16.3 Å². The molecule has 0 spiro atoms. The highest BCUT2D eigenvalue weighted by Gasteiger charge is 2.22. The van der Waals surface area contributed by atoms with Gasteiger partial charge in [0, 0.05) is 18.7 Å². The van der Waals surface area contributed by atoms with Crippen LogP contribution in [0.15, 0.2) is 16.6 Å². The van der Waals surface area contributed by atoms with Crippen molar-refractivity contribution in [1.82, 2.24) is 5.32 Å². The molecule has 1 aromatic carbocycles. The maximum atomic E-state index is 13.4. The minimum Gasteiger partial charge on any atom is -0.488 e. The molecular formula is C13H16BrClFNO. The van der Waals surface area contributed by atoms with E-state index in [1.54, 1.807) is 0 Å². The van der Waals surface area contributed by atoms with Gasteiger partial charge >= 0.3 is 0 Å². The molecule has 1 aliphatic carbocycles. The molecule has 0 bridgehead atoms. The fourth-order valence-electron chi connectivity index (χ4n) is 1.63. The molecule has 0 radical (unpaired) electrons. The third-order valence-electron chi connectivity index (χ3n) is 2.94. The van der Waals surface area contributed by atoms with Gasteiger partial charge in [-0.3, -0.25) is 0 Å². The predicted molar refractivity (Wildman–Crippen MR) is 74.8 cm³/mol. The Kier molecular flexibility index (Phi) is 4.87. The van der Waals surface area contributed by atoms with Crippen LogP contribution in [0, 0.1) is 5.82 Å². The van der Waals surface area contributed by atoms with Crippen LogP contribution >= 0.6 is 27.5 Å². The van der Waals surface area contributed by atoms with Crippen LogP contribution < -0.4 is 10.1 Å². The van der Waals surface area contributed by atoms with Crippen LogP contribution in [0.25, 0.3) is 0 Å². The van der Waals surface area contributed by atoms with E-state index in [1.165, 1.54) is 25.0 Å². The first-order chi connectivity index (χ1) is 8.60. The average molecular weight is 337 g/mol. The topological polar surface area (TPSA) is 21.3 Å². The van der Waals surface area contributed by atoms with Crippen molar-refractivity contribution in [2.45, 2.75) is 38.3 Å². The molecule has 0 aromatic heterocycles. The highest BCUT2D eigenvalue weighted by Crippen LogP contribution is 2.31. The summed E-state index contributed by atoms with van der Waals surface area (Å²) in [5.41, 5.74) is 0. The molecule has 1 unspecified atom stereocenters. The zero-order valence-electron chi connectivity index (χ0n) is 10.2. The fraction of sp³-hybridized carbons (Fsp3) is 0.538. The SMILES string of the molecule is CCC(CNC1CC1)Oc1cc(F)c(Cl)cc1Br. The second-order valence-electron chi connectivity index (χ2n) is 4.53. The smallest absolute Gasteiger partial charge is 0.145 e. The molecular weight excluding hydrogens is 321 g/mol. The Morgan fingerprint density at radius 2 is 2.28 bits per heavy atom. The van der Waals surface area contributed by atoms with Crippen LogP contribution in [0.5, 0.6) is 5.75 Å². The summed E-state index contributed by atoms with van der Waals surface area (Å²) < 4.78 is 19.9. The van der Waals surface area contributed by atoms with Gasteiger partial charge in [-0.1, -0.05) is 18.5 Å². The highest BCUT2D eigenvalue weighted by molar-refractivity contribution is 9.10. The molecule has 0 heterocycles. The van der Waals surface area contributed by atoms with E-state index in [2.05, 4.69) is 28.2 Å². The van der Waals surface area contributed by atoms with Crippen LogP contribution in [0.4, 0.5) is 4.39 Å². The van der Waals surface area contributed by atoms with Gasteiger partial charge < -0.3 is 10.1 Å². The Bertz CT molecular complexity index is 426. The lowest BCUT2D eigenvalue weighted by Gasteiger charge is -2.19. The van der Waals surface area contributed by atoms with Crippen molar-refractivity contribution in [3.05, 3.63) is 27.4 Å². The first kappa shape index (κ1) is 14.1. The van der Waals surface area contributed by atoms with Gasteiger partial charge in [0.25, 0.3) is 0 Å². The van der Waals surface area contributed by atoms with Crippen molar-refractivity contribution >= 4 is 27.5 Å². The van der Waals surface area contributed by atoms with Gasteiger partial charge in [-0.05, 0) is 41.3 Å². The monoisotopic (exact) mass is 335 g/mol. The maximum absolute atomic E-state index is 13.4. The number of rotatable bonds is 6. The third kappa shape index (κ3) is 3.84.